The normalized spacial score (nSPS) is 10.0. The van der Waals surface area contributed by atoms with Crippen molar-refractivity contribution >= 4 is 23.4 Å². The van der Waals surface area contributed by atoms with Crippen LogP contribution in [0.3, 0.4) is 0 Å². The number of aryl methyl sites for hydroxylation is 1. The van der Waals surface area contributed by atoms with Gasteiger partial charge in [-0.1, -0.05) is 12.1 Å². The molecule has 5 nitrogen and oxygen atoms in total. The molecule has 0 aliphatic rings. The van der Waals surface area contributed by atoms with Gasteiger partial charge < -0.3 is 15.4 Å². The molecule has 21 heavy (non-hydrogen) atoms. The summed E-state index contributed by atoms with van der Waals surface area (Å²) in [6, 6.07) is 5.72. The smallest absolute Gasteiger partial charge is 0.258 e. The highest BCUT2D eigenvalue weighted by atomic mass is 35.5. The number of amides is 2. The fourth-order valence-corrected chi connectivity index (χ4v) is 1.82. The van der Waals surface area contributed by atoms with Crippen LogP contribution in [0, 0.1) is 13.8 Å². The van der Waals surface area contributed by atoms with Crippen molar-refractivity contribution in [1.82, 2.24) is 10.6 Å². The number of nitrogens with one attached hydrogen (secondary N) is 2. The lowest BCUT2D eigenvalue weighted by atomic mass is 10.1. The molecule has 0 aliphatic heterocycles. The highest BCUT2D eigenvalue weighted by Gasteiger charge is 2.06. The van der Waals surface area contributed by atoms with Crippen molar-refractivity contribution in [2.24, 2.45) is 0 Å². The average Bonchev–Trinajstić information content (AvgIpc) is 2.45. The molecule has 0 aliphatic carbocycles. The molecule has 0 saturated carbocycles. The fourth-order valence-electron chi connectivity index (χ4n) is 1.65. The van der Waals surface area contributed by atoms with Crippen molar-refractivity contribution in [2.45, 2.75) is 20.3 Å². The third-order valence-corrected chi connectivity index (χ3v) is 3.19. The van der Waals surface area contributed by atoms with Crippen LogP contribution in [0.5, 0.6) is 5.75 Å². The summed E-state index contributed by atoms with van der Waals surface area (Å²) in [6.07, 6.45) is 0.283. The largest absolute Gasteiger partial charge is 0.483 e. The van der Waals surface area contributed by atoms with Crippen LogP contribution in [0.4, 0.5) is 0 Å². The summed E-state index contributed by atoms with van der Waals surface area (Å²) in [7, 11) is 0. The molecular weight excluding hydrogens is 292 g/mol. The van der Waals surface area contributed by atoms with Crippen LogP contribution in [0.1, 0.15) is 17.5 Å². The zero-order valence-corrected chi connectivity index (χ0v) is 13.1. The van der Waals surface area contributed by atoms with Gasteiger partial charge in [0, 0.05) is 25.4 Å². The van der Waals surface area contributed by atoms with Gasteiger partial charge in [0.25, 0.3) is 5.91 Å². The Bertz CT molecular complexity index is 492. The van der Waals surface area contributed by atoms with E-state index in [0.29, 0.717) is 24.7 Å². The topological polar surface area (TPSA) is 67.4 Å². The Morgan fingerprint density at radius 3 is 2.48 bits per heavy atom. The molecule has 2 N–H and O–H groups in total. The van der Waals surface area contributed by atoms with E-state index in [1.54, 1.807) is 0 Å². The first-order valence-corrected chi connectivity index (χ1v) is 7.36. The summed E-state index contributed by atoms with van der Waals surface area (Å²) in [4.78, 5) is 22.7. The number of rotatable bonds is 8. The molecule has 0 spiro atoms. The minimum atomic E-state index is -0.220. The standard InChI is InChI=1S/C15H21ClN2O3/c1-11-4-3-5-13(12(11)2)21-10-15(20)18-9-8-17-14(19)6-7-16/h3-5H,6-10H2,1-2H3,(H,17,19)(H,18,20). The first-order valence-electron chi connectivity index (χ1n) is 6.83. The van der Waals surface area contributed by atoms with Crippen molar-refractivity contribution in [2.75, 3.05) is 25.6 Å². The molecule has 0 heterocycles. The maximum atomic E-state index is 11.6. The number of carbonyl (C=O) groups is 2. The molecule has 116 valence electrons. The zero-order chi connectivity index (χ0) is 15.7. The lowest BCUT2D eigenvalue weighted by molar-refractivity contribution is -0.124. The second kappa shape index (κ2) is 9.23. The number of carbonyl (C=O) groups excluding carboxylic acids is 2. The number of alkyl halides is 1. The Labute approximate surface area is 130 Å². The molecule has 1 aromatic rings. The molecule has 0 saturated heterocycles. The van der Waals surface area contributed by atoms with Crippen molar-refractivity contribution in [1.29, 1.82) is 0 Å². The zero-order valence-electron chi connectivity index (χ0n) is 12.4. The van der Waals surface area contributed by atoms with Crippen LogP contribution < -0.4 is 15.4 Å². The monoisotopic (exact) mass is 312 g/mol. The predicted octanol–water partition coefficient (Wildman–Crippen LogP) is 1.54. The summed E-state index contributed by atoms with van der Waals surface area (Å²) in [6.45, 7) is 4.65. The number of benzene rings is 1. The average molecular weight is 313 g/mol. The van der Waals surface area contributed by atoms with Crippen LogP contribution in [-0.2, 0) is 9.59 Å². The maximum absolute atomic E-state index is 11.6. The summed E-state index contributed by atoms with van der Waals surface area (Å²) in [5.41, 5.74) is 2.15. The quantitative estimate of drug-likeness (QED) is 0.565. The Hall–Kier alpha value is -1.75. The van der Waals surface area contributed by atoms with Crippen molar-refractivity contribution in [3.63, 3.8) is 0 Å². The van der Waals surface area contributed by atoms with Gasteiger partial charge in [-0.25, -0.2) is 0 Å². The van der Waals surface area contributed by atoms with E-state index in [-0.39, 0.29) is 24.8 Å². The Morgan fingerprint density at radius 1 is 1.14 bits per heavy atom. The molecule has 1 rings (SSSR count). The molecule has 0 atom stereocenters. The van der Waals surface area contributed by atoms with Crippen molar-refractivity contribution in [3.05, 3.63) is 29.3 Å². The third kappa shape index (κ3) is 6.49. The summed E-state index contributed by atoms with van der Waals surface area (Å²) in [5.74, 6) is 0.663. The van der Waals surface area contributed by atoms with Crippen LogP contribution in [0.25, 0.3) is 0 Å². The molecular formula is C15H21ClN2O3. The van der Waals surface area contributed by atoms with E-state index in [1.807, 2.05) is 32.0 Å². The van der Waals surface area contributed by atoms with Gasteiger partial charge in [0.2, 0.25) is 5.91 Å². The van der Waals surface area contributed by atoms with E-state index in [2.05, 4.69) is 10.6 Å². The molecule has 1 aromatic carbocycles. The van der Waals surface area contributed by atoms with Gasteiger partial charge in [-0.05, 0) is 31.0 Å². The van der Waals surface area contributed by atoms with Gasteiger partial charge in [-0.15, -0.1) is 11.6 Å². The van der Waals surface area contributed by atoms with E-state index in [4.69, 9.17) is 16.3 Å². The number of ether oxygens (including phenoxy) is 1. The SMILES string of the molecule is Cc1cccc(OCC(=O)NCCNC(=O)CCCl)c1C. The van der Waals surface area contributed by atoms with Gasteiger partial charge in [0.1, 0.15) is 5.75 Å². The molecule has 0 radical (unpaired) electrons. The number of hydrogen-bond acceptors (Lipinski definition) is 3. The molecule has 0 fully saturated rings. The van der Waals surface area contributed by atoms with Gasteiger partial charge in [-0.2, -0.15) is 0 Å². The molecule has 6 heteroatoms. The van der Waals surface area contributed by atoms with Gasteiger partial charge in [0.15, 0.2) is 6.61 Å². The number of hydrogen-bond donors (Lipinski definition) is 2. The third-order valence-electron chi connectivity index (χ3n) is 3.00. The van der Waals surface area contributed by atoms with Crippen molar-refractivity contribution < 1.29 is 14.3 Å². The van der Waals surface area contributed by atoms with Crippen LogP contribution in [0.2, 0.25) is 0 Å². The Balaban J connectivity index is 2.22. The predicted molar refractivity (Wildman–Crippen MR) is 82.8 cm³/mol. The minimum absolute atomic E-state index is 0.0417. The Kier molecular flexibility index (Phi) is 7.61. The lowest BCUT2D eigenvalue weighted by Gasteiger charge is -2.11. The van der Waals surface area contributed by atoms with Crippen LogP contribution in [-0.4, -0.2) is 37.4 Å². The van der Waals surface area contributed by atoms with Gasteiger partial charge in [0.05, 0.1) is 0 Å². The van der Waals surface area contributed by atoms with Crippen molar-refractivity contribution in [3.8, 4) is 5.75 Å². The summed E-state index contributed by atoms with van der Waals surface area (Å²) < 4.78 is 5.48. The molecule has 2 amide bonds. The van der Waals surface area contributed by atoms with E-state index in [0.717, 1.165) is 11.1 Å². The highest BCUT2D eigenvalue weighted by molar-refractivity contribution is 6.18. The Morgan fingerprint density at radius 2 is 1.81 bits per heavy atom. The highest BCUT2D eigenvalue weighted by Crippen LogP contribution is 2.20. The first-order chi connectivity index (χ1) is 10.0. The first kappa shape index (κ1) is 17.3. The van der Waals surface area contributed by atoms with E-state index in [1.165, 1.54) is 0 Å². The summed E-state index contributed by atoms with van der Waals surface area (Å²) in [5, 5.41) is 5.32. The molecule has 0 bridgehead atoms. The molecule has 0 unspecified atom stereocenters. The van der Waals surface area contributed by atoms with Gasteiger partial charge in [-0.3, -0.25) is 9.59 Å². The number of halogens is 1. The van der Waals surface area contributed by atoms with E-state index < -0.39 is 0 Å². The maximum Gasteiger partial charge on any atom is 0.258 e. The fraction of sp³-hybridized carbons (Fsp3) is 0.467. The summed E-state index contributed by atoms with van der Waals surface area (Å²) >= 11 is 5.44. The van der Waals surface area contributed by atoms with E-state index in [9.17, 15) is 9.59 Å². The minimum Gasteiger partial charge on any atom is -0.483 e. The second-order valence-electron chi connectivity index (χ2n) is 4.63. The van der Waals surface area contributed by atoms with Crippen LogP contribution in [0.15, 0.2) is 18.2 Å². The molecule has 0 aromatic heterocycles. The van der Waals surface area contributed by atoms with Gasteiger partial charge >= 0.3 is 0 Å². The second-order valence-corrected chi connectivity index (χ2v) is 5.00. The van der Waals surface area contributed by atoms with Crippen LogP contribution >= 0.6 is 11.6 Å². The van der Waals surface area contributed by atoms with E-state index >= 15 is 0 Å². The lowest BCUT2D eigenvalue weighted by Crippen LogP contribution is -2.36.